The number of hydrogen-bond acceptors (Lipinski definition) is 2. The quantitative estimate of drug-likeness (QED) is 0.552. The number of aryl methyl sites for hydroxylation is 1. The summed E-state index contributed by atoms with van der Waals surface area (Å²) in [6.07, 6.45) is 1.54. The molecule has 0 fully saturated rings. The molecule has 24 heavy (non-hydrogen) atoms. The molecule has 3 aromatic rings. The first-order chi connectivity index (χ1) is 11.5. The van der Waals surface area contributed by atoms with Crippen LogP contribution in [-0.4, -0.2) is 16.7 Å². The Bertz CT molecular complexity index is 913. The van der Waals surface area contributed by atoms with E-state index in [1.165, 1.54) is 0 Å². The van der Waals surface area contributed by atoms with E-state index in [0.29, 0.717) is 16.0 Å². The summed E-state index contributed by atoms with van der Waals surface area (Å²) in [5.74, 6) is -1.22. The molecule has 0 saturated carbocycles. The number of rotatable bonds is 4. The molecule has 0 bridgehead atoms. The molecule has 0 aliphatic carbocycles. The lowest BCUT2D eigenvalue weighted by molar-refractivity contribution is -0.117. The maximum absolute atomic E-state index is 12.5. The van der Waals surface area contributed by atoms with Crippen molar-refractivity contribution in [2.45, 2.75) is 19.9 Å². The monoisotopic (exact) mass is 340 g/mol. The number of ketones is 1. The summed E-state index contributed by atoms with van der Waals surface area (Å²) in [5.41, 5.74) is 3.18. The van der Waals surface area contributed by atoms with E-state index in [0.717, 1.165) is 16.6 Å². The number of H-pyrrole nitrogens is 1. The molecule has 0 aliphatic rings. The second-order valence-corrected chi connectivity index (χ2v) is 6.26. The molecule has 0 radical (unpaired) electrons. The summed E-state index contributed by atoms with van der Waals surface area (Å²) in [5, 5.41) is 3.91. The van der Waals surface area contributed by atoms with Crippen molar-refractivity contribution in [3.8, 4) is 0 Å². The zero-order chi connectivity index (χ0) is 17.3. The Hall–Kier alpha value is -2.59. The van der Waals surface area contributed by atoms with Gasteiger partial charge in [0.15, 0.2) is 0 Å². The topological polar surface area (TPSA) is 62.0 Å². The summed E-state index contributed by atoms with van der Waals surface area (Å²) in [6, 6.07) is 12.8. The highest BCUT2D eigenvalue weighted by molar-refractivity contribution is 6.45. The van der Waals surface area contributed by atoms with Gasteiger partial charge in [-0.3, -0.25) is 9.59 Å². The van der Waals surface area contributed by atoms with Gasteiger partial charge in [0.2, 0.25) is 0 Å². The predicted octanol–water partition coefficient (Wildman–Crippen LogP) is 4.19. The highest BCUT2D eigenvalue weighted by Crippen LogP contribution is 2.23. The van der Waals surface area contributed by atoms with Crippen molar-refractivity contribution in [1.29, 1.82) is 0 Å². The molecular formula is C19H17ClN2O2. The van der Waals surface area contributed by atoms with E-state index in [2.05, 4.69) is 10.3 Å². The second kappa shape index (κ2) is 6.49. The number of hydrogen-bond donors (Lipinski definition) is 2. The van der Waals surface area contributed by atoms with Gasteiger partial charge in [-0.05, 0) is 37.6 Å². The standard InChI is InChI=1S/C19H17ClN2O2/c1-11-3-5-13(6-4-11)12(2)22-19(24)18(23)16-10-21-17-8-7-14(20)9-15(16)17/h3-10,12,21H,1-2H3,(H,22,24)/t12-/m0/s1. The fraction of sp³-hybridized carbons (Fsp3) is 0.158. The number of carbonyl (C=O) groups is 2. The summed E-state index contributed by atoms with van der Waals surface area (Å²) < 4.78 is 0. The van der Waals surface area contributed by atoms with E-state index in [4.69, 9.17) is 11.6 Å². The SMILES string of the molecule is Cc1ccc([C@H](C)NC(=O)C(=O)c2c[nH]c3ccc(Cl)cc23)cc1. The smallest absolute Gasteiger partial charge is 0.292 e. The van der Waals surface area contributed by atoms with Gasteiger partial charge in [-0.1, -0.05) is 41.4 Å². The number of benzene rings is 2. The first-order valence-corrected chi connectivity index (χ1v) is 8.02. The fourth-order valence-corrected chi connectivity index (χ4v) is 2.78. The number of Topliss-reactive ketones (excluding diaryl/α,β-unsaturated/α-hetero) is 1. The maximum Gasteiger partial charge on any atom is 0.292 e. The first-order valence-electron chi connectivity index (χ1n) is 7.64. The van der Waals surface area contributed by atoms with Gasteiger partial charge in [0.1, 0.15) is 0 Å². The Morgan fingerprint density at radius 1 is 1.12 bits per heavy atom. The van der Waals surface area contributed by atoms with Crippen molar-refractivity contribution in [2.75, 3.05) is 0 Å². The molecule has 2 aromatic carbocycles. The van der Waals surface area contributed by atoms with E-state index < -0.39 is 11.7 Å². The fourth-order valence-electron chi connectivity index (χ4n) is 2.60. The van der Waals surface area contributed by atoms with Crippen molar-refractivity contribution in [3.05, 3.63) is 70.4 Å². The molecule has 0 spiro atoms. The van der Waals surface area contributed by atoms with E-state index >= 15 is 0 Å². The summed E-state index contributed by atoms with van der Waals surface area (Å²) in [6.45, 7) is 3.85. The van der Waals surface area contributed by atoms with Gasteiger partial charge in [-0.2, -0.15) is 0 Å². The third-order valence-corrected chi connectivity index (χ3v) is 4.25. The molecule has 1 aromatic heterocycles. The minimum Gasteiger partial charge on any atom is -0.360 e. The molecule has 1 atom stereocenters. The minimum atomic E-state index is -0.635. The van der Waals surface area contributed by atoms with Crippen LogP contribution in [0.3, 0.4) is 0 Å². The second-order valence-electron chi connectivity index (χ2n) is 5.83. The summed E-state index contributed by atoms with van der Waals surface area (Å²) in [4.78, 5) is 27.8. The highest BCUT2D eigenvalue weighted by atomic mass is 35.5. The Morgan fingerprint density at radius 3 is 2.54 bits per heavy atom. The van der Waals surface area contributed by atoms with Crippen LogP contribution >= 0.6 is 11.6 Å². The van der Waals surface area contributed by atoms with Crippen LogP contribution in [0, 0.1) is 6.92 Å². The third-order valence-electron chi connectivity index (χ3n) is 4.02. The molecule has 0 aliphatic heterocycles. The number of halogens is 1. The van der Waals surface area contributed by atoms with Crippen molar-refractivity contribution in [1.82, 2.24) is 10.3 Å². The average Bonchev–Trinajstić information content (AvgIpc) is 2.97. The summed E-state index contributed by atoms with van der Waals surface area (Å²) in [7, 11) is 0. The predicted molar refractivity (Wildman–Crippen MR) is 95.4 cm³/mol. The number of amides is 1. The lowest BCUT2D eigenvalue weighted by atomic mass is 10.1. The molecule has 122 valence electrons. The Kier molecular flexibility index (Phi) is 4.40. The molecule has 1 heterocycles. The normalized spacial score (nSPS) is 12.1. The first kappa shape index (κ1) is 16.3. The van der Waals surface area contributed by atoms with Crippen molar-refractivity contribution < 1.29 is 9.59 Å². The van der Waals surface area contributed by atoms with Crippen LogP contribution in [0.1, 0.15) is 34.5 Å². The molecule has 0 saturated heterocycles. The number of fused-ring (bicyclic) bond motifs is 1. The van der Waals surface area contributed by atoms with Gasteiger partial charge in [0.25, 0.3) is 11.7 Å². The van der Waals surface area contributed by atoms with Gasteiger partial charge in [-0.25, -0.2) is 0 Å². The molecule has 4 nitrogen and oxygen atoms in total. The third kappa shape index (κ3) is 3.19. The molecular weight excluding hydrogens is 324 g/mol. The van der Waals surface area contributed by atoms with Crippen LogP contribution in [0.2, 0.25) is 5.02 Å². The molecule has 5 heteroatoms. The Labute approximate surface area is 144 Å². The average molecular weight is 341 g/mol. The zero-order valence-corrected chi connectivity index (χ0v) is 14.1. The van der Waals surface area contributed by atoms with E-state index in [9.17, 15) is 9.59 Å². The van der Waals surface area contributed by atoms with E-state index in [-0.39, 0.29) is 6.04 Å². The maximum atomic E-state index is 12.5. The number of nitrogens with one attached hydrogen (secondary N) is 2. The van der Waals surface area contributed by atoms with Crippen LogP contribution in [0.15, 0.2) is 48.7 Å². The number of aromatic nitrogens is 1. The molecule has 0 unspecified atom stereocenters. The Balaban J connectivity index is 1.80. The summed E-state index contributed by atoms with van der Waals surface area (Å²) >= 11 is 5.98. The molecule has 2 N–H and O–H groups in total. The van der Waals surface area contributed by atoms with Crippen molar-refractivity contribution in [2.24, 2.45) is 0 Å². The highest BCUT2D eigenvalue weighted by Gasteiger charge is 2.22. The van der Waals surface area contributed by atoms with Gasteiger partial charge < -0.3 is 10.3 Å². The van der Waals surface area contributed by atoms with E-state index in [1.807, 2.05) is 38.1 Å². The van der Waals surface area contributed by atoms with Gasteiger partial charge >= 0.3 is 0 Å². The zero-order valence-electron chi connectivity index (χ0n) is 13.4. The van der Waals surface area contributed by atoms with Gasteiger partial charge in [-0.15, -0.1) is 0 Å². The largest absolute Gasteiger partial charge is 0.360 e. The molecule has 3 rings (SSSR count). The Morgan fingerprint density at radius 2 is 1.83 bits per heavy atom. The van der Waals surface area contributed by atoms with Crippen LogP contribution < -0.4 is 5.32 Å². The number of carbonyl (C=O) groups excluding carboxylic acids is 2. The van der Waals surface area contributed by atoms with Crippen LogP contribution in [0.25, 0.3) is 10.9 Å². The minimum absolute atomic E-state index is 0.254. The lowest BCUT2D eigenvalue weighted by Crippen LogP contribution is -2.33. The van der Waals surface area contributed by atoms with Crippen molar-refractivity contribution in [3.63, 3.8) is 0 Å². The van der Waals surface area contributed by atoms with E-state index in [1.54, 1.807) is 24.4 Å². The van der Waals surface area contributed by atoms with Gasteiger partial charge in [0.05, 0.1) is 11.6 Å². The van der Waals surface area contributed by atoms with Gasteiger partial charge in [0, 0.05) is 22.1 Å². The lowest BCUT2D eigenvalue weighted by Gasteiger charge is -2.14. The molecule has 1 amide bonds. The van der Waals surface area contributed by atoms with Crippen molar-refractivity contribution >= 4 is 34.2 Å². The number of aromatic amines is 1. The van der Waals surface area contributed by atoms with Crippen LogP contribution in [-0.2, 0) is 4.79 Å². The van der Waals surface area contributed by atoms with Crippen LogP contribution in [0.4, 0.5) is 0 Å². The van der Waals surface area contributed by atoms with Crippen LogP contribution in [0.5, 0.6) is 0 Å².